The van der Waals surface area contributed by atoms with Gasteiger partial charge in [0.05, 0.1) is 19.8 Å². The zero-order chi connectivity index (χ0) is 73.4. The molecule has 0 bridgehead atoms. The van der Waals surface area contributed by atoms with Gasteiger partial charge in [-0.15, -0.1) is 0 Å². The number of esters is 6. The molecule has 0 radical (unpaired) electrons. The first-order chi connectivity index (χ1) is 49.5. The molecule has 12 heteroatoms. The van der Waals surface area contributed by atoms with E-state index in [1.54, 1.807) is 41.5 Å². The zero-order valence-corrected chi connectivity index (χ0v) is 59.9. The third-order valence-electron chi connectivity index (χ3n) is 18.1. The zero-order valence-electron chi connectivity index (χ0n) is 59.9. The number of hydrogen-bond donors (Lipinski definition) is 0. The van der Waals surface area contributed by atoms with Gasteiger partial charge in [-0.1, -0.05) is 185 Å². The van der Waals surface area contributed by atoms with E-state index in [-0.39, 0.29) is 25.8 Å². The van der Waals surface area contributed by atoms with Crippen molar-refractivity contribution in [2.75, 3.05) is 19.8 Å². The monoisotopic (exact) mass is 1370 g/mol. The highest BCUT2D eigenvalue weighted by Gasteiger charge is 2.28. The molecule has 0 spiro atoms. The molecule has 12 nitrogen and oxygen atoms in total. The molecule has 0 aliphatic carbocycles. The van der Waals surface area contributed by atoms with Crippen LogP contribution in [0.5, 0.6) is 0 Å². The lowest BCUT2D eigenvalue weighted by molar-refractivity contribution is -0.141. The Morgan fingerprint density at radius 2 is 0.437 bits per heavy atom. The summed E-state index contributed by atoms with van der Waals surface area (Å²) in [7, 11) is 0. The van der Waals surface area contributed by atoms with Gasteiger partial charge in [0.1, 0.15) is 19.8 Å². The molecule has 10 aromatic rings. The van der Waals surface area contributed by atoms with Crippen molar-refractivity contribution in [2.45, 2.75) is 119 Å². The molecule has 0 saturated heterocycles. The predicted molar refractivity (Wildman–Crippen MR) is 413 cm³/mol. The van der Waals surface area contributed by atoms with E-state index in [2.05, 4.69) is 173 Å². The molecule has 0 unspecified atom stereocenters. The molecule has 0 heterocycles. The maximum absolute atomic E-state index is 12.8. The number of aryl methyl sites for hydroxylation is 3. The van der Waals surface area contributed by atoms with Crippen LogP contribution in [0.3, 0.4) is 0 Å². The number of rotatable bonds is 33. The lowest BCUT2D eigenvalue weighted by atomic mass is 9.76. The van der Waals surface area contributed by atoms with Crippen LogP contribution in [0.2, 0.25) is 0 Å². The van der Waals surface area contributed by atoms with Crippen LogP contribution in [0.1, 0.15) is 113 Å². The Morgan fingerprint density at radius 1 is 0.243 bits per heavy atom. The minimum absolute atomic E-state index is 0.0438. The molecular weight excluding hydrogens is 1280 g/mol. The molecule has 0 aliphatic rings. The average Bonchev–Trinajstić information content (AvgIpc) is 0.689. The maximum atomic E-state index is 12.8. The molecule has 0 fully saturated rings. The molecule has 0 aromatic heterocycles. The average molecular weight is 1370 g/mol. The summed E-state index contributed by atoms with van der Waals surface area (Å²) in [5, 5.41) is 6.03. The van der Waals surface area contributed by atoms with Crippen molar-refractivity contribution in [2.24, 2.45) is 0 Å². The smallest absolute Gasteiger partial charge is 0.333 e. The van der Waals surface area contributed by atoms with Crippen LogP contribution in [0, 0.1) is 0 Å². The normalized spacial score (nSPS) is 11.1. The summed E-state index contributed by atoms with van der Waals surface area (Å²) in [6.07, 6.45) is 6.76. The van der Waals surface area contributed by atoms with Crippen molar-refractivity contribution >= 4 is 68.1 Å². The Balaban J connectivity index is 1.28. The standard InChI is InChI=1S/C91H88O12/c1-56(2)86(92)98-46-16-13-19-62-22-34-68(35-23-62)74-49-76-80(70-38-24-63(25-39-70)20-14-17-47-99-87(93)57(3)4)82(72-42-30-66(31-43-72)54-102-90(96)60(9)10)78-51-75(69-36-28-65(29-37-69)53-101-89(95)59(7)8)52-79-83(73-44-32-67(33-45-73)55-103-91(97)61(11)12)81(77(50-74)84(76)85(78)79)71-40-26-64(27-41-71)21-15-18-48-100-88(94)58(5)6/h22-45,49-52H,1,3,5,7,9,11,13-21,46-48,53-55H2,2,4,6,8,10,12H3. The minimum atomic E-state index is -0.479. The van der Waals surface area contributed by atoms with Crippen LogP contribution in [-0.4, -0.2) is 55.6 Å². The van der Waals surface area contributed by atoms with Crippen molar-refractivity contribution in [1.29, 1.82) is 0 Å². The molecule has 0 amide bonds. The molecular formula is C91H88O12. The van der Waals surface area contributed by atoms with Gasteiger partial charge < -0.3 is 28.4 Å². The predicted octanol–water partition coefficient (Wildman–Crippen LogP) is 20.8. The second kappa shape index (κ2) is 34.2. The third kappa shape index (κ3) is 18.5. The second-order valence-electron chi connectivity index (χ2n) is 26.8. The summed E-state index contributed by atoms with van der Waals surface area (Å²) in [4.78, 5) is 75.0. The number of unbranched alkanes of at least 4 members (excludes halogenated alkanes) is 3. The van der Waals surface area contributed by atoms with Crippen LogP contribution >= 0.6 is 0 Å². The van der Waals surface area contributed by atoms with Crippen molar-refractivity contribution in [1.82, 2.24) is 0 Å². The summed E-state index contributed by atoms with van der Waals surface area (Å²) in [6.45, 7) is 33.4. The van der Waals surface area contributed by atoms with Crippen LogP contribution in [-0.2, 0) is 96.3 Å². The Morgan fingerprint density at radius 3 is 0.650 bits per heavy atom. The molecule has 103 heavy (non-hydrogen) atoms. The van der Waals surface area contributed by atoms with E-state index in [4.69, 9.17) is 28.4 Å². The van der Waals surface area contributed by atoms with Gasteiger partial charge in [-0.25, -0.2) is 28.8 Å². The van der Waals surface area contributed by atoms with Gasteiger partial charge in [0.25, 0.3) is 0 Å². The van der Waals surface area contributed by atoms with Crippen LogP contribution in [0.25, 0.3) is 99.1 Å². The van der Waals surface area contributed by atoms with Crippen molar-refractivity contribution in [3.8, 4) is 66.8 Å². The second-order valence-corrected chi connectivity index (χ2v) is 26.8. The van der Waals surface area contributed by atoms with E-state index in [0.717, 1.165) is 171 Å². The van der Waals surface area contributed by atoms with Crippen molar-refractivity contribution in [3.63, 3.8) is 0 Å². The maximum Gasteiger partial charge on any atom is 0.333 e. The van der Waals surface area contributed by atoms with Gasteiger partial charge in [-0.05, 0) is 256 Å². The Bertz CT molecular complexity index is 4670. The first-order valence-electron chi connectivity index (χ1n) is 34.9. The highest BCUT2D eigenvalue weighted by molar-refractivity contribution is 6.37. The summed E-state index contributed by atoms with van der Waals surface area (Å²) in [6, 6.07) is 60.1. The molecule has 0 saturated carbocycles. The summed E-state index contributed by atoms with van der Waals surface area (Å²) >= 11 is 0. The quantitative estimate of drug-likeness (QED) is 0.0126. The fourth-order valence-corrected chi connectivity index (χ4v) is 12.5. The largest absolute Gasteiger partial charge is 0.462 e. The fraction of sp³-hybridized carbons (Fsp3) is 0.231. The molecule has 0 N–H and O–H groups in total. The number of carbonyl (C=O) groups excluding carboxylic acids is 6. The first-order valence-corrected chi connectivity index (χ1v) is 34.9. The number of benzene rings is 10. The number of carbonyl (C=O) groups is 6. The van der Waals surface area contributed by atoms with E-state index >= 15 is 0 Å². The van der Waals surface area contributed by atoms with Gasteiger partial charge in [-0.2, -0.15) is 0 Å². The molecule has 524 valence electrons. The van der Waals surface area contributed by atoms with Crippen molar-refractivity contribution < 1.29 is 57.2 Å². The number of hydrogen-bond acceptors (Lipinski definition) is 12. The van der Waals surface area contributed by atoms with Gasteiger partial charge in [0, 0.05) is 33.4 Å². The van der Waals surface area contributed by atoms with E-state index in [0.29, 0.717) is 72.5 Å². The van der Waals surface area contributed by atoms with Gasteiger partial charge in [0.15, 0.2) is 0 Å². The first kappa shape index (κ1) is 74.2. The van der Waals surface area contributed by atoms with E-state index in [1.807, 2.05) is 36.4 Å². The Labute approximate surface area is 604 Å². The Kier molecular flexibility index (Phi) is 24.7. The molecule has 0 atom stereocenters. The van der Waals surface area contributed by atoms with Crippen LogP contribution < -0.4 is 0 Å². The SMILES string of the molecule is C=C(C)C(=O)OCCCCc1ccc(-c2cc3c(-c4ccc(CCCCOC(=O)C(=C)C)cc4)c(-c4ccc(COC(=O)C(=C)C)cc4)c4cc(-c5ccc(COC(=O)C(=C)C)cc5)cc5c(-c6ccc(COC(=O)C(=C)C)cc6)c(-c6ccc(CCCCOC(=O)C(=C)C)cc6)c(c2)c3c45)cc1. The summed E-state index contributed by atoms with van der Waals surface area (Å²) in [5.74, 6) is -2.61. The molecule has 0 aliphatic heterocycles. The highest BCUT2D eigenvalue weighted by atomic mass is 16.6. The molecule has 10 aromatic carbocycles. The Hall–Kier alpha value is -11.5. The van der Waals surface area contributed by atoms with Gasteiger partial charge in [-0.3, -0.25) is 0 Å². The lowest BCUT2D eigenvalue weighted by Crippen LogP contribution is -2.06. The summed E-state index contributed by atoms with van der Waals surface area (Å²) in [5.41, 5.74) is 19.3. The highest BCUT2D eigenvalue weighted by Crippen LogP contribution is 2.55. The number of ether oxygens (including phenoxy) is 6. The minimum Gasteiger partial charge on any atom is -0.462 e. The topological polar surface area (TPSA) is 158 Å². The van der Waals surface area contributed by atoms with Crippen LogP contribution in [0.4, 0.5) is 0 Å². The van der Waals surface area contributed by atoms with E-state index < -0.39 is 29.8 Å². The van der Waals surface area contributed by atoms with Crippen molar-refractivity contribution in [3.05, 3.63) is 276 Å². The van der Waals surface area contributed by atoms with Gasteiger partial charge >= 0.3 is 35.8 Å². The van der Waals surface area contributed by atoms with Crippen LogP contribution in [0.15, 0.2) is 243 Å². The fourth-order valence-electron chi connectivity index (χ4n) is 12.5. The third-order valence-corrected chi connectivity index (χ3v) is 18.1. The summed E-state index contributed by atoms with van der Waals surface area (Å²) < 4.78 is 33.4. The lowest BCUT2D eigenvalue weighted by Gasteiger charge is -2.27. The van der Waals surface area contributed by atoms with Gasteiger partial charge in [0.2, 0.25) is 0 Å². The van der Waals surface area contributed by atoms with E-state index in [9.17, 15) is 28.8 Å². The molecule has 10 rings (SSSR count). The van der Waals surface area contributed by atoms with E-state index in [1.165, 1.54) is 0 Å².